The fraction of sp³-hybridized carbons (Fsp3) is 0.467. The van der Waals surface area contributed by atoms with Crippen LogP contribution >= 0.6 is 12.4 Å². The van der Waals surface area contributed by atoms with Gasteiger partial charge in [-0.3, -0.25) is 9.59 Å². The molecule has 0 atom stereocenters. The standard InChI is InChI=1S/C15H21N3O2.ClH/c16-13-6-4-12(5-7-13)11-14(19)17-8-2-10-18-9-1-3-15(18)20;/h4-7H,1-3,8-11,16H2,(H,17,19);1H. The molecule has 1 aliphatic heterocycles. The van der Waals surface area contributed by atoms with E-state index in [4.69, 9.17) is 5.73 Å². The maximum Gasteiger partial charge on any atom is 0.224 e. The number of nitrogen functional groups attached to an aromatic ring is 1. The molecule has 0 bridgehead atoms. The summed E-state index contributed by atoms with van der Waals surface area (Å²) in [6.07, 6.45) is 2.80. The monoisotopic (exact) mass is 311 g/mol. The molecule has 5 nitrogen and oxygen atoms in total. The highest BCUT2D eigenvalue weighted by Crippen LogP contribution is 2.09. The van der Waals surface area contributed by atoms with Gasteiger partial charge in [-0.15, -0.1) is 12.4 Å². The number of nitrogens with two attached hydrogens (primary N) is 1. The van der Waals surface area contributed by atoms with Crippen LogP contribution in [-0.4, -0.2) is 36.3 Å². The number of halogens is 1. The minimum atomic E-state index is 0. The normalized spacial score (nSPS) is 13.9. The van der Waals surface area contributed by atoms with E-state index in [-0.39, 0.29) is 24.2 Å². The molecule has 1 aromatic rings. The smallest absolute Gasteiger partial charge is 0.224 e. The highest BCUT2D eigenvalue weighted by Gasteiger charge is 2.18. The molecule has 1 aliphatic rings. The molecule has 0 spiro atoms. The Labute approximate surface area is 131 Å². The minimum absolute atomic E-state index is 0. The lowest BCUT2D eigenvalue weighted by Crippen LogP contribution is -2.31. The summed E-state index contributed by atoms with van der Waals surface area (Å²) >= 11 is 0. The largest absolute Gasteiger partial charge is 0.399 e. The lowest BCUT2D eigenvalue weighted by Gasteiger charge is -2.15. The molecule has 1 fully saturated rings. The average molecular weight is 312 g/mol. The second-order valence-corrected chi connectivity index (χ2v) is 5.11. The Balaban J connectivity index is 0.00000220. The number of rotatable bonds is 6. The first kappa shape index (κ1) is 17.3. The summed E-state index contributed by atoms with van der Waals surface area (Å²) in [6, 6.07) is 7.30. The Bertz CT molecular complexity index is 476. The Morgan fingerprint density at radius 2 is 2.00 bits per heavy atom. The van der Waals surface area contributed by atoms with Gasteiger partial charge in [0.2, 0.25) is 11.8 Å². The van der Waals surface area contributed by atoms with E-state index in [2.05, 4.69) is 5.32 Å². The molecule has 3 N–H and O–H groups in total. The molecule has 116 valence electrons. The summed E-state index contributed by atoms with van der Waals surface area (Å²) in [6.45, 7) is 2.21. The van der Waals surface area contributed by atoms with E-state index < -0.39 is 0 Å². The fourth-order valence-electron chi connectivity index (χ4n) is 2.32. The van der Waals surface area contributed by atoms with Crippen LogP contribution in [0, 0.1) is 0 Å². The van der Waals surface area contributed by atoms with Crippen LogP contribution in [0.4, 0.5) is 5.69 Å². The topological polar surface area (TPSA) is 75.4 Å². The second kappa shape index (κ2) is 8.52. The molecule has 1 heterocycles. The van der Waals surface area contributed by atoms with Crippen LogP contribution in [0.2, 0.25) is 0 Å². The molecule has 6 heteroatoms. The van der Waals surface area contributed by atoms with Gasteiger partial charge in [0.15, 0.2) is 0 Å². The Hall–Kier alpha value is -1.75. The molecule has 1 saturated heterocycles. The van der Waals surface area contributed by atoms with Crippen molar-refractivity contribution in [1.82, 2.24) is 10.2 Å². The van der Waals surface area contributed by atoms with Gasteiger partial charge in [0.25, 0.3) is 0 Å². The highest BCUT2D eigenvalue weighted by atomic mass is 35.5. The maximum atomic E-state index is 11.7. The number of amides is 2. The van der Waals surface area contributed by atoms with Crippen LogP contribution in [0.1, 0.15) is 24.8 Å². The Morgan fingerprint density at radius 1 is 1.29 bits per heavy atom. The van der Waals surface area contributed by atoms with Gasteiger partial charge in [-0.05, 0) is 30.5 Å². The quantitative estimate of drug-likeness (QED) is 0.615. The van der Waals surface area contributed by atoms with Crippen molar-refractivity contribution in [1.29, 1.82) is 0 Å². The van der Waals surface area contributed by atoms with E-state index in [9.17, 15) is 9.59 Å². The van der Waals surface area contributed by atoms with E-state index in [0.717, 1.165) is 31.5 Å². The van der Waals surface area contributed by atoms with Gasteiger partial charge in [-0.1, -0.05) is 12.1 Å². The number of nitrogens with zero attached hydrogens (tertiary/aromatic N) is 1. The van der Waals surface area contributed by atoms with Crippen molar-refractivity contribution in [3.05, 3.63) is 29.8 Å². The van der Waals surface area contributed by atoms with E-state index in [0.29, 0.717) is 25.1 Å². The third kappa shape index (κ3) is 5.63. The molecule has 0 radical (unpaired) electrons. The molecule has 0 aliphatic carbocycles. The minimum Gasteiger partial charge on any atom is -0.399 e. The van der Waals surface area contributed by atoms with Gasteiger partial charge in [0, 0.05) is 31.7 Å². The molecular formula is C15H22ClN3O2. The van der Waals surface area contributed by atoms with Crippen molar-refractivity contribution in [3.8, 4) is 0 Å². The molecule has 1 aromatic carbocycles. The number of carbonyl (C=O) groups is 2. The van der Waals surface area contributed by atoms with Crippen LogP contribution in [0.3, 0.4) is 0 Å². The van der Waals surface area contributed by atoms with Crippen LogP contribution in [0.25, 0.3) is 0 Å². The molecule has 0 saturated carbocycles. The zero-order valence-corrected chi connectivity index (χ0v) is 12.8. The first-order valence-corrected chi connectivity index (χ1v) is 7.04. The van der Waals surface area contributed by atoms with E-state index in [1.807, 2.05) is 17.0 Å². The summed E-state index contributed by atoms with van der Waals surface area (Å²) in [5.74, 6) is 0.237. The van der Waals surface area contributed by atoms with Gasteiger partial charge in [0.05, 0.1) is 6.42 Å². The zero-order valence-electron chi connectivity index (χ0n) is 12.0. The molecule has 0 unspecified atom stereocenters. The number of carbonyl (C=O) groups excluding carboxylic acids is 2. The Morgan fingerprint density at radius 3 is 2.62 bits per heavy atom. The first-order valence-electron chi connectivity index (χ1n) is 7.04. The lowest BCUT2D eigenvalue weighted by molar-refractivity contribution is -0.127. The van der Waals surface area contributed by atoms with Crippen molar-refractivity contribution in [3.63, 3.8) is 0 Å². The first-order chi connectivity index (χ1) is 9.65. The van der Waals surface area contributed by atoms with Crippen molar-refractivity contribution < 1.29 is 9.59 Å². The second-order valence-electron chi connectivity index (χ2n) is 5.11. The number of likely N-dealkylation sites (tertiary alicyclic amines) is 1. The highest BCUT2D eigenvalue weighted by molar-refractivity contribution is 5.85. The average Bonchev–Trinajstić information content (AvgIpc) is 2.83. The molecular weight excluding hydrogens is 290 g/mol. The number of benzene rings is 1. The summed E-state index contributed by atoms with van der Waals surface area (Å²) in [5.41, 5.74) is 7.24. The summed E-state index contributed by atoms with van der Waals surface area (Å²) < 4.78 is 0. The van der Waals surface area contributed by atoms with E-state index >= 15 is 0 Å². The lowest BCUT2D eigenvalue weighted by atomic mass is 10.1. The maximum absolute atomic E-state index is 11.7. The third-order valence-corrected chi connectivity index (χ3v) is 3.44. The fourth-order valence-corrected chi connectivity index (χ4v) is 2.32. The van der Waals surface area contributed by atoms with Crippen molar-refractivity contribution in [2.24, 2.45) is 0 Å². The van der Waals surface area contributed by atoms with Crippen molar-refractivity contribution in [2.45, 2.75) is 25.7 Å². The number of anilines is 1. The van der Waals surface area contributed by atoms with Gasteiger partial charge in [-0.2, -0.15) is 0 Å². The SMILES string of the molecule is Cl.Nc1ccc(CC(=O)NCCCN2CCCC2=O)cc1. The summed E-state index contributed by atoms with van der Waals surface area (Å²) in [5, 5.41) is 2.88. The summed E-state index contributed by atoms with van der Waals surface area (Å²) in [7, 11) is 0. The summed E-state index contributed by atoms with van der Waals surface area (Å²) in [4.78, 5) is 25.0. The molecule has 21 heavy (non-hydrogen) atoms. The van der Waals surface area contributed by atoms with Crippen LogP contribution in [0.5, 0.6) is 0 Å². The van der Waals surface area contributed by atoms with Gasteiger partial charge in [-0.25, -0.2) is 0 Å². The number of nitrogens with one attached hydrogen (secondary N) is 1. The predicted octanol–water partition coefficient (Wildman–Crippen LogP) is 1.36. The van der Waals surface area contributed by atoms with Crippen molar-refractivity contribution >= 4 is 29.9 Å². The van der Waals surface area contributed by atoms with Crippen LogP contribution in [-0.2, 0) is 16.0 Å². The van der Waals surface area contributed by atoms with E-state index in [1.54, 1.807) is 12.1 Å². The Kier molecular flexibility index (Phi) is 7.02. The number of hydrogen-bond acceptors (Lipinski definition) is 3. The van der Waals surface area contributed by atoms with Crippen LogP contribution < -0.4 is 11.1 Å². The van der Waals surface area contributed by atoms with Gasteiger partial charge >= 0.3 is 0 Å². The van der Waals surface area contributed by atoms with Gasteiger partial charge in [0.1, 0.15) is 0 Å². The number of hydrogen-bond donors (Lipinski definition) is 2. The van der Waals surface area contributed by atoms with E-state index in [1.165, 1.54) is 0 Å². The van der Waals surface area contributed by atoms with Crippen LogP contribution in [0.15, 0.2) is 24.3 Å². The molecule has 0 aromatic heterocycles. The molecule has 2 amide bonds. The zero-order chi connectivity index (χ0) is 14.4. The van der Waals surface area contributed by atoms with Gasteiger partial charge < -0.3 is 16.0 Å². The van der Waals surface area contributed by atoms with Crippen molar-refractivity contribution in [2.75, 3.05) is 25.4 Å². The molecule has 2 rings (SSSR count). The predicted molar refractivity (Wildman–Crippen MR) is 85.2 cm³/mol. The third-order valence-electron chi connectivity index (χ3n) is 3.44.